The number of piperidine rings is 1. The van der Waals surface area contributed by atoms with Gasteiger partial charge in [0.05, 0.1) is 5.60 Å². The molecule has 0 atom stereocenters. The molecule has 0 spiro atoms. The van der Waals surface area contributed by atoms with Gasteiger partial charge < -0.3 is 14.7 Å². The summed E-state index contributed by atoms with van der Waals surface area (Å²) < 4.78 is 33.5. The van der Waals surface area contributed by atoms with Gasteiger partial charge in [-0.2, -0.15) is 0 Å². The van der Waals surface area contributed by atoms with Gasteiger partial charge in [-0.1, -0.05) is 23.9 Å². The highest BCUT2D eigenvalue weighted by molar-refractivity contribution is 7.99. The highest BCUT2D eigenvalue weighted by atomic mass is 32.2. The van der Waals surface area contributed by atoms with Crippen LogP contribution in [0.15, 0.2) is 52.3 Å². The van der Waals surface area contributed by atoms with Gasteiger partial charge in [-0.25, -0.2) is 13.6 Å². The van der Waals surface area contributed by atoms with E-state index in [1.165, 1.54) is 18.2 Å². The van der Waals surface area contributed by atoms with E-state index in [4.69, 9.17) is 4.74 Å². The molecule has 1 amide bonds. The molecule has 0 radical (unpaired) electrons. The molecule has 0 saturated carbocycles. The van der Waals surface area contributed by atoms with E-state index in [0.29, 0.717) is 15.4 Å². The molecule has 4 nitrogen and oxygen atoms in total. The van der Waals surface area contributed by atoms with Crippen molar-refractivity contribution in [3.8, 4) is 0 Å². The normalized spacial score (nSPS) is 16.6. The lowest BCUT2D eigenvalue weighted by atomic mass is 9.84. The Labute approximate surface area is 173 Å². The summed E-state index contributed by atoms with van der Waals surface area (Å²) in [5.74, 6) is -0.847. The molecule has 29 heavy (non-hydrogen) atoms. The van der Waals surface area contributed by atoms with Crippen LogP contribution in [0.2, 0.25) is 0 Å². The summed E-state index contributed by atoms with van der Waals surface area (Å²) >= 11 is 1.15. The van der Waals surface area contributed by atoms with Crippen LogP contribution < -0.4 is 0 Å². The Morgan fingerprint density at radius 3 is 2.38 bits per heavy atom. The number of aliphatic hydroxyl groups is 1. The molecule has 156 valence electrons. The van der Waals surface area contributed by atoms with Gasteiger partial charge in [-0.15, -0.1) is 0 Å². The molecule has 2 aromatic rings. The van der Waals surface area contributed by atoms with Crippen LogP contribution in [0.3, 0.4) is 0 Å². The van der Waals surface area contributed by atoms with Crippen molar-refractivity contribution < 1.29 is 23.4 Å². The number of nitrogens with zero attached hydrogens (tertiary/aromatic N) is 1. The van der Waals surface area contributed by atoms with Crippen molar-refractivity contribution in [2.24, 2.45) is 0 Å². The highest BCUT2D eigenvalue weighted by Gasteiger charge is 2.38. The van der Waals surface area contributed by atoms with Gasteiger partial charge in [-0.05, 0) is 63.9 Å². The number of hydrogen-bond donors (Lipinski definition) is 1. The van der Waals surface area contributed by atoms with Crippen molar-refractivity contribution in [2.45, 2.75) is 54.6 Å². The lowest BCUT2D eigenvalue weighted by Crippen LogP contribution is -2.47. The highest BCUT2D eigenvalue weighted by Crippen LogP contribution is 2.41. The molecule has 1 aliphatic heterocycles. The maximum absolute atomic E-state index is 14.1. The zero-order valence-corrected chi connectivity index (χ0v) is 17.6. The van der Waals surface area contributed by atoms with Gasteiger partial charge in [0.2, 0.25) is 0 Å². The Balaban J connectivity index is 1.81. The number of likely N-dealkylation sites (tertiary alicyclic amines) is 1. The first-order valence-corrected chi connectivity index (χ1v) is 10.3. The second kappa shape index (κ2) is 8.32. The topological polar surface area (TPSA) is 49.8 Å². The molecular weight excluding hydrogens is 396 g/mol. The average Bonchev–Trinajstić information content (AvgIpc) is 2.64. The maximum atomic E-state index is 14.1. The zero-order valence-electron chi connectivity index (χ0n) is 16.7. The van der Waals surface area contributed by atoms with E-state index in [1.54, 1.807) is 49.9 Å². The van der Waals surface area contributed by atoms with Gasteiger partial charge in [0, 0.05) is 28.4 Å². The predicted molar refractivity (Wildman–Crippen MR) is 108 cm³/mol. The Morgan fingerprint density at radius 1 is 1.10 bits per heavy atom. The summed E-state index contributed by atoms with van der Waals surface area (Å²) in [6.45, 7) is 5.95. The second-order valence-corrected chi connectivity index (χ2v) is 9.26. The summed E-state index contributed by atoms with van der Waals surface area (Å²) in [6.07, 6.45) is 0.0425. The van der Waals surface area contributed by atoms with Crippen LogP contribution in [-0.2, 0) is 10.3 Å². The van der Waals surface area contributed by atoms with Gasteiger partial charge in [0.1, 0.15) is 17.2 Å². The Bertz CT molecular complexity index is 890. The van der Waals surface area contributed by atoms with E-state index in [9.17, 15) is 18.7 Å². The largest absolute Gasteiger partial charge is 0.444 e. The van der Waals surface area contributed by atoms with Crippen molar-refractivity contribution in [1.82, 2.24) is 4.90 Å². The van der Waals surface area contributed by atoms with E-state index in [1.807, 2.05) is 0 Å². The minimum absolute atomic E-state index is 0.237. The van der Waals surface area contributed by atoms with Crippen molar-refractivity contribution in [3.05, 3.63) is 59.7 Å². The number of hydrogen-bond acceptors (Lipinski definition) is 4. The van der Waals surface area contributed by atoms with Gasteiger partial charge >= 0.3 is 6.09 Å². The Kier molecular flexibility index (Phi) is 6.19. The number of carbonyl (C=O) groups is 1. The monoisotopic (exact) mass is 421 g/mol. The lowest BCUT2D eigenvalue weighted by Gasteiger charge is -2.39. The van der Waals surface area contributed by atoms with Crippen molar-refractivity contribution in [3.63, 3.8) is 0 Å². The third kappa shape index (κ3) is 5.28. The molecule has 1 fully saturated rings. The Hall–Kier alpha value is -2.12. The maximum Gasteiger partial charge on any atom is 0.410 e. The molecule has 1 saturated heterocycles. The minimum atomic E-state index is -1.31. The van der Waals surface area contributed by atoms with E-state index in [-0.39, 0.29) is 31.7 Å². The molecule has 0 aromatic heterocycles. The zero-order chi connectivity index (χ0) is 21.2. The van der Waals surface area contributed by atoms with Crippen LogP contribution >= 0.6 is 11.8 Å². The first kappa shape index (κ1) is 21.6. The smallest absolute Gasteiger partial charge is 0.410 e. The van der Waals surface area contributed by atoms with E-state index >= 15 is 0 Å². The predicted octanol–water partition coefficient (Wildman–Crippen LogP) is 5.33. The third-order valence-electron chi connectivity index (χ3n) is 4.74. The second-order valence-electron chi connectivity index (χ2n) is 8.17. The SMILES string of the molecule is CC(C)(C)OC(=O)N1CCC(O)(c2cc(F)ccc2Sc2ccccc2F)CC1. The summed E-state index contributed by atoms with van der Waals surface area (Å²) in [5.41, 5.74) is -1.50. The van der Waals surface area contributed by atoms with E-state index in [0.717, 1.165) is 11.8 Å². The van der Waals surface area contributed by atoms with Crippen LogP contribution in [0.25, 0.3) is 0 Å². The van der Waals surface area contributed by atoms with Crippen molar-refractivity contribution in [2.75, 3.05) is 13.1 Å². The van der Waals surface area contributed by atoms with Crippen LogP contribution in [0, 0.1) is 11.6 Å². The van der Waals surface area contributed by atoms with Crippen molar-refractivity contribution in [1.29, 1.82) is 0 Å². The summed E-state index contributed by atoms with van der Waals surface area (Å²) in [5, 5.41) is 11.3. The minimum Gasteiger partial charge on any atom is -0.444 e. The quantitative estimate of drug-likeness (QED) is 0.727. The fraction of sp³-hybridized carbons (Fsp3) is 0.409. The fourth-order valence-corrected chi connectivity index (χ4v) is 4.30. The number of benzene rings is 2. The van der Waals surface area contributed by atoms with Crippen LogP contribution in [0.5, 0.6) is 0 Å². The number of halogens is 2. The molecule has 2 aromatic carbocycles. The summed E-state index contributed by atoms with van der Waals surface area (Å²) in [7, 11) is 0. The molecular formula is C22H25F2NO3S. The first-order chi connectivity index (χ1) is 13.6. The van der Waals surface area contributed by atoms with E-state index < -0.39 is 23.1 Å². The molecule has 0 bridgehead atoms. The Morgan fingerprint density at radius 2 is 1.76 bits per heavy atom. The molecule has 7 heteroatoms. The number of amides is 1. The molecule has 0 unspecified atom stereocenters. The number of carbonyl (C=O) groups excluding carboxylic acids is 1. The van der Waals surface area contributed by atoms with Gasteiger partial charge in [0.15, 0.2) is 0 Å². The van der Waals surface area contributed by atoms with Gasteiger partial charge in [0.25, 0.3) is 0 Å². The van der Waals surface area contributed by atoms with Crippen LogP contribution in [-0.4, -0.2) is 34.8 Å². The average molecular weight is 422 g/mol. The molecule has 3 rings (SSSR count). The lowest BCUT2D eigenvalue weighted by molar-refractivity contribution is -0.0373. The molecule has 1 heterocycles. The van der Waals surface area contributed by atoms with E-state index in [2.05, 4.69) is 0 Å². The van der Waals surface area contributed by atoms with Crippen LogP contribution in [0.4, 0.5) is 13.6 Å². The molecule has 1 N–H and O–H groups in total. The van der Waals surface area contributed by atoms with Crippen LogP contribution in [0.1, 0.15) is 39.2 Å². The fourth-order valence-electron chi connectivity index (χ4n) is 3.26. The first-order valence-electron chi connectivity index (χ1n) is 9.50. The standard InChI is InChI=1S/C22H25F2NO3S/c1-21(2,3)28-20(26)25-12-10-22(27,11-13-25)16-14-15(23)8-9-18(16)29-19-7-5-4-6-17(19)24/h4-9,14,27H,10-13H2,1-3H3. The number of ether oxygens (including phenoxy) is 1. The molecule has 0 aliphatic carbocycles. The summed E-state index contributed by atoms with van der Waals surface area (Å²) in [6, 6.07) is 10.5. The molecule has 1 aliphatic rings. The summed E-state index contributed by atoms with van der Waals surface area (Å²) in [4.78, 5) is 14.8. The third-order valence-corrected chi connectivity index (χ3v) is 5.87. The van der Waals surface area contributed by atoms with Crippen molar-refractivity contribution >= 4 is 17.9 Å². The number of rotatable bonds is 3. The van der Waals surface area contributed by atoms with Gasteiger partial charge in [-0.3, -0.25) is 0 Å².